The van der Waals surface area contributed by atoms with Gasteiger partial charge in [0.1, 0.15) is 5.75 Å². The van der Waals surface area contributed by atoms with E-state index in [0.29, 0.717) is 11.3 Å². The lowest BCUT2D eigenvalue weighted by Crippen LogP contribution is -2.43. The highest BCUT2D eigenvalue weighted by atomic mass is 79.9. The summed E-state index contributed by atoms with van der Waals surface area (Å²) in [6, 6.07) is 5.58. The molecule has 0 N–H and O–H groups in total. The molecule has 0 saturated heterocycles. The van der Waals surface area contributed by atoms with Crippen molar-refractivity contribution in [2.75, 3.05) is 14.2 Å². The molecule has 3 nitrogen and oxygen atoms in total. The Hall–Kier alpha value is -1.03. The van der Waals surface area contributed by atoms with Gasteiger partial charge in [-0.3, -0.25) is 4.79 Å². The van der Waals surface area contributed by atoms with E-state index in [1.165, 1.54) is 0 Å². The van der Waals surface area contributed by atoms with Crippen molar-refractivity contribution in [2.45, 2.75) is 33.7 Å². The van der Waals surface area contributed by atoms with Crippen LogP contribution >= 0.6 is 15.9 Å². The van der Waals surface area contributed by atoms with Crippen LogP contribution in [0.25, 0.3) is 0 Å². The Morgan fingerprint density at radius 2 is 1.95 bits per heavy atom. The van der Waals surface area contributed by atoms with Crippen LogP contribution in [0.5, 0.6) is 5.75 Å². The molecule has 106 valence electrons. The predicted octanol–water partition coefficient (Wildman–Crippen LogP) is 3.96. The van der Waals surface area contributed by atoms with Crippen molar-refractivity contribution < 1.29 is 9.53 Å². The van der Waals surface area contributed by atoms with Crippen LogP contribution in [0.2, 0.25) is 0 Å². The molecule has 0 heterocycles. The smallest absolute Gasteiger partial charge is 0.257 e. The lowest BCUT2D eigenvalue weighted by molar-refractivity contribution is 0.0626. The zero-order chi connectivity index (χ0) is 14.8. The molecule has 0 aliphatic carbocycles. The van der Waals surface area contributed by atoms with Crippen molar-refractivity contribution in [2.24, 2.45) is 5.41 Å². The molecular formula is C15H22BrNO2. The summed E-state index contributed by atoms with van der Waals surface area (Å²) in [6.07, 6.45) is 0. The molecule has 1 amide bonds. The molecule has 1 atom stereocenters. The maximum Gasteiger partial charge on any atom is 0.257 e. The van der Waals surface area contributed by atoms with Gasteiger partial charge in [0.05, 0.1) is 12.7 Å². The second kappa shape index (κ2) is 5.95. The van der Waals surface area contributed by atoms with Gasteiger partial charge >= 0.3 is 0 Å². The molecule has 0 aliphatic heterocycles. The van der Waals surface area contributed by atoms with Crippen LogP contribution in [-0.4, -0.2) is 31.0 Å². The fraction of sp³-hybridized carbons (Fsp3) is 0.533. The number of methoxy groups -OCH3 is 1. The number of nitrogens with zero attached hydrogens (tertiary/aromatic N) is 1. The molecule has 0 bridgehead atoms. The minimum absolute atomic E-state index is 0.0215. The average Bonchev–Trinajstić information content (AvgIpc) is 2.34. The van der Waals surface area contributed by atoms with Crippen LogP contribution in [0, 0.1) is 5.41 Å². The van der Waals surface area contributed by atoms with E-state index in [0.717, 1.165) is 4.47 Å². The quantitative estimate of drug-likeness (QED) is 0.840. The van der Waals surface area contributed by atoms with Crippen LogP contribution in [0.3, 0.4) is 0 Å². The molecule has 0 saturated carbocycles. The fourth-order valence-corrected chi connectivity index (χ4v) is 2.13. The van der Waals surface area contributed by atoms with Crippen molar-refractivity contribution in [3.05, 3.63) is 28.2 Å². The minimum Gasteiger partial charge on any atom is -0.496 e. The Balaban J connectivity index is 3.07. The van der Waals surface area contributed by atoms with Gasteiger partial charge in [-0.1, -0.05) is 36.7 Å². The molecule has 1 aromatic carbocycles. The van der Waals surface area contributed by atoms with E-state index < -0.39 is 0 Å². The molecule has 0 fully saturated rings. The highest BCUT2D eigenvalue weighted by Gasteiger charge is 2.28. The van der Waals surface area contributed by atoms with E-state index >= 15 is 0 Å². The van der Waals surface area contributed by atoms with Gasteiger partial charge in [0, 0.05) is 17.6 Å². The van der Waals surface area contributed by atoms with Crippen LogP contribution in [0.15, 0.2) is 22.7 Å². The van der Waals surface area contributed by atoms with E-state index in [1.54, 1.807) is 18.1 Å². The van der Waals surface area contributed by atoms with Gasteiger partial charge < -0.3 is 9.64 Å². The Morgan fingerprint density at radius 3 is 2.42 bits per heavy atom. The summed E-state index contributed by atoms with van der Waals surface area (Å²) >= 11 is 3.38. The molecule has 1 rings (SSSR count). The Morgan fingerprint density at radius 1 is 1.37 bits per heavy atom. The first-order chi connectivity index (χ1) is 8.68. The zero-order valence-electron chi connectivity index (χ0n) is 12.5. The number of halogens is 1. The molecular weight excluding hydrogens is 306 g/mol. The van der Waals surface area contributed by atoms with Crippen LogP contribution in [-0.2, 0) is 0 Å². The number of hydrogen-bond donors (Lipinski definition) is 0. The molecule has 1 unspecified atom stereocenters. The number of ether oxygens (including phenoxy) is 1. The third-order valence-corrected chi connectivity index (χ3v) is 4.04. The topological polar surface area (TPSA) is 29.5 Å². The molecule has 0 spiro atoms. The van der Waals surface area contributed by atoms with Crippen LogP contribution in [0.4, 0.5) is 0 Å². The predicted molar refractivity (Wildman–Crippen MR) is 81.7 cm³/mol. The van der Waals surface area contributed by atoms with Gasteiger partial charge in [-0.15, -0.1) is 0 Å². The molecule has 0 radical (unpaired) electrons. The highest BCUT2D eigenvalue weighted by molar-refractivity contribution is 9.10. The molecule has 0 aliphatic rings. The van der Waals surface area contributed by atoms with Gasteiger partial charge in [0.15, 0.2) is 0 Å². The second-order valence-electron chi connectivity index (χ2n) is 5.80. The summed E-state index contributed by atoms with van der Waals surface area (Å²) in [5.41, 5.74) is 0.622. The summed E-state index contributed by atoms with van der Waals surface area (Å²) in [5.74, 6) is 0.569. The summed E-state index contributed by atoms with van der Waals surface area (Å²) in [5, 5.41) is 0. The minimum atomic E-state index is -0.0215. The monoisotopic (exact) mass is 327 g/mol. The molecule has 4 heteroatoms. The van der Waals surface area contributed by atoms with Gasteiger partial charge in [-0.25, -0.2) is 0 Å². The van der Waals surface area contributed by atoms with Gasteiger partial charge in [0.2, 0.25) is 0 Å². The second-order valence-corrected chi connectivity index (χ2v) is 6.72. The first kappa shape index (κ1) is 16.0. The molecule has 19 heavy (non-hydrogen) atoms. The summed E-state index contributed by atoms with van der Waals surface area (Å²) < 4.78 is 6.18. The summed E-state index contributed by atoms with van der Waals surface area (Å²) in [4.78, 5) is 14.3. The first-order valence-electron chi connectivity index (χ1n) is 6.29. The highest BCUT2D eigenvalue weighted by Crippen LogP contribution is 2.28. The van der Waals surface area contributed by atoms with Crippen LogP contribution in [0.1, 0.15) is 38.1 Å². The summed E-state index contributed by atoms with van der Waals surface area (Å²) in [6.45, 7) is 8.43. The van der Waals surface area contributed by atoms with E-state index in [1.807, 2.05) is 19.2 Å². The largest absolute Gasteiger partial charge is 0.496 e. The first-order valence-corrected chi connectivity index (χ1v) is 7.08. The Labute approximate surface area is 124 Å². The Bertz CT molecular complexity index is 466. The van der Waals surface area contributed by atoms with E-state index in [9.17, 15) is 4.79 Å². The van der Waals surface area contributed by atoms with Crippen molar-refractivity contribution in [3.8, 4) is 5.75 Å². The Kier molecular flexibility index (Phi) is 5.02. The van der Waals surface area contributed by atoms with Gasteiger partial charge in [0.25, 0.3) is 5.91 Å². The molecule has 1 aromatic rings. The number of benzene rings is 1. The zero-order valence-corrected chi connectivity index (χ0v) is 14.0. The van der Waals surface area contributed by atoms with Gasteiger partial charge in [-0.2, -0.15) is 0 Å². The van der Waals surface area contributed by atoms with Crippen molar-refractivity contribution >= 4 is 21.8 Å². The standard InChI is InChI=1S/C15H22BrNO2/c1-10(15(2,3)4)17(5)14(18)12-8-7-11(16)9-13(12)19-6/h7-10H,1-6H3. The van der Waals surface area contributed by atoms with E-state index in [4.69, 9.17) is 4.74 Å². The number of carbonyl (C=O) groups is 1. The van der Waals surface area contributed by atoms with Crippen molar-refractivity contribution in [1.29, 1.82) is 0 Å². The van der Waals surface area contributed by atoms with Crippen LogP contribution < -0.4 is 4.74 Å². The van der Waals surface area contributed by atoms with Crippen molar-refractivity contribution in [3.63, 3.8) is 0 Å². The normalized spacial score (nSPS) is 13.0. The molecule has 0 aromatic heterocycles. The lowest BCUT2D eigenvalue weighted by atomic mass is 9.87. The fourth-order valence-electron chi connectivity index (χ4n) is 1.79. The number of carbonyl (C=O) groups excluding carboxylic acids is 1. The van der Waals surface area contributed by atoms with Gasteiger partial charge in [-0.05, 0) is 30.5 Å². The number of hydrogen-bond acceptors (Lipinski definition) is 2. The third kappa shape index (κ3) is 3.72. The maximum absolute atomic E-state index is 12.6. The summed E-state index contributed by atoms with van der Waals surface area (Å²) in [7, 11) is 3.41. The lowest BCUT2D eigenvalue weighted by Gasteiger charge is -2.35. The van der Waals surface area contributed by atoms with E-state index in [2.05, 4.69) is 43.6 Å². The third-order valence-electron chi connectivity index (χ3n) is 3.55. The SMILES string of the molecule is COc1cc(Br)ccc1C(=O)N(C)C(C)C(C)(C)C. The maximum atomic E-state index is 12.6. The van der Waals surface area contributed by atoms with Crippen molar-refractivity contribution in [1.82, 2.24) is 4.90 Å². The average molecular weight is 328 g/mol. The number of rotatable bonds is 3. The van der Waals surface area contributed by atoms with E-state index in [-0.39, 0.29) is 17.4 Å². The number of amides is 1.